The van der Waals surface area contributed by atoms with E-state index in [1.165, 1.54) is 12.1 Å². The molecule has 1 unspecified atom stereocenters. The first-order valence-electron chi connectivity index (χ1n) is 9.37. The third-order valence-corrected chi connectivity index (χ3v) is 4.73. The van der Waals surface area contributed by atoms with E-state index in [1.807, 2.05) is 42.5 Å². The SMILES string of the molecule is CC(O)c1ccccc1-c1ccc2nc(-c3ccc(OCC(F)(F)F)cc3)[nH]c2c1. The lowest BCUT2D eigenvalue weighted by Gasteiger charge is -2.11. The van der Waals surface area contributed by atoms with E-state index in [2.05, 4.69) is 9.97 Å². The van der Waals surface area contributed by atoms with Crippen molar-refractivity contribution < 1.29 is 23.0 Å². The van der Waals surface area contributed by atoms with E-state index in [-0.39, 0.29) is 5.75 Å². The van der Waals surface area contributed by atoms with Crippen molar-refractivity contribution in [1.29, 1.82) is 0 Å². The lowest BCUT2D eigenvalue weighted by molar-refractivity contribution is -0.153. The molecule has 2 N–H and O–H groups in total. The molecule has 154 valence electrons. The molecule has 0 amide bonds. The molecule has 1 aromatic heterocycles. The number of ether oxygens (including phenoxy) is 1. The zero-order chi connectivity index (χ0) is 21.3. The smallest absolute Gasteiger partial charge is 0.422 e. The van der Waals surface area contributed by atoms with Crippen LogP contribution in [-0.4, -0.2) is 27.9 Å². The molecular formula is C23H19F3N2O2. The Balaban J connectivity index is 1.62. The average Bonchev–Trinajstić information content (AvgIpc) is 3.15. The number of hydrogen-bond acceptors (Lipinski definition) is 3. The summed E-state index contributed by atoms with van der Waals surface area (Å²) in [6.07, 6.45) is -4.96. The maximum absolute atomic E-state index is 12.3. The van der Waals surface area contributed by atoms with E-state index in [4.69, 9.17) is 4.74 Å². The molecule has 1 heterocycles. The minimum atomic E-state index is -4.37. The van der Waals surface area contributed by atoms with Crippen molar-refractivity contribution in [1.82, 2.24) is 9.97 Å². The summed E-state index contributed by atoms with van der Waals surface area (Å²) in [6.45, 7) is 0.404. The lowest BCUT2D eigenvalue weighted by atomic mass is 9.96. The van der Waals surface area contributed by atoms with Crippen LogP contribution in [0.3, 0.4) is 0 Å². The first-order valence-corrected chi connectivity index (χ1v) is 9.37. The van der Waals surface area contributed by atoms with Gasteiger partial charge in [-0.1, -0.05) is 30.3 Å². The number of nitrogens with one attached hydrogen (secondary N) is 1. The summed E-state index contributed by atoms with van der Waals surface area (Å²) >= 11 is 0. The van der Waals surface area contributed by atoms with Gasteiger partial charge in [0.25, 0.3) is 0 Å². The van der Waals surface area contributed by atoms with Gasteiger partial charge in [-0.2, -0.15) is 13.2 Å². The number of aliphatic hydroxyl groups excluding tert-OH is 1. The minimum absolute atomic E-state index is 0.143. The quantitative estimate of drug-likeness (QED) is 0.430. The Morgan fingerprint density at radius 2 is 1.70 bits per heavy atom. The van der Waals surface area contributed by atoms with Crippen LogP contribution >= 0.6 is 0 Å². The summed E-state index contributed by atoms with van der Waals surface area (Å²) in [5.41, 5.74) is 5.05. The summed E-state index contributed by atoms with van der Waals surface area (Å²) in [4.78, 5) is 7.82. The van der Waals surface area contributed by atoms with Gasteiger partial charge in [-0.05, 0) is 60.0 Å². The van der Waals surface area contributed by atoms with E-state index in [0.29, 0.717) is 5.82 Å². The minimum Gasteiger partial charge on any atom is -0.484 e. The molecule has 0 saturated carbocycles. The number of aliphatic hydroxyl groups is 1. The fourth-order valence-electron chi connectivity index (χ4n) is 3.31. The zero-order valence-electron chi connectivity index (χ0n) is 16.1. The van der Waals surface area contributed by atoms with Crippen LogP contribution in [0.1, 0.15) is 18.6 Å². The summed E-state index contributed by atoms with van der Waals surface area (Å²) in [6, 6.07) is 19.8. The highest BCUT2D eigenvalue weighted by molar-refractivity contribution is 5.85. The molecule has 0 bridgehead atoms. The molecule has 4 nitrogen and oxygen atoms in total. The van der Waals surface area contributed by atoms with E-state index < -0.39 is 18.9 Å². The molecule has 4 rings (SSSR count). The van der Waals surface area contributed by atoms with Crippen molar-refractivity contribution in [3.05, 3.63) is 72.3 Å². The highest BCUT2D eigenvalue weighted by Gasteiger charge is 2.28. The van der Waals surface area contributed by atoms with Crippen molar-refractivity contribution in [3.63, 3.8) is 0 Å². The standard InChI is InChI=1S/C23H19F3N2O2/c1-14(29)18-4-2-3-5-19(18)16-8-11-20-21(12-16)28-22(27-20)15-6-9-17(10-7-15)30-13-23(24,25)26/h2-12,14,29H,13H2,1H3,(H,27,28). The Morgan fingerprint density at radius 1 is 1.00 bits per heavy atom. The Bertz CT molecular complexity index is 1170. The summed E-state index contributed by atoms with van der Waals surface area (Å²) < 4.78 is 41.6. The van der Waals surface area contributed by atoms with E-state index in [1.54, 1.807) is 19.1 Å². The Hall–Kier alpha value is -3.32. The monoisotopic (exact) mass is 412 g/mol. The summed E-state index contributed by atoms with van der Waals surface area (Å²) in [5.74, 6) is 0.748. The van der Waals surface area contributed by atoms with Crippen LogP contribution in [0.2, 0.25) is 0 Å². The van der Waals surface area contributed by atoms with Crippen LogP contribution in [0.25, 0.3) is 33.5 Å². The fraction of sp³-hybridized carbons (Fsp3) is 0.174. The van der Waals surface area contributed by atoms with Gasteiger partial charge in [0.15, 0.2) is 6.61 Å². The second-order valence-corrected chi connectivity index (χ2v) is 7.01. The highest BCUT2D eigenvalue weighted by atomic mass is 19.4. The average molecular weight is 412 g/mol. The van der Waals surface area contributed by atoms with Crippen molar-refractivity contribution in [3.8, 4) is 28.3 Å². The van der Waals surface area contributed by atoms with E-state index in [9.17, 15) is 18.3 Å². The first-order chi connectivity index (χ1) is 14.3. The van der Waals surface area contributed by atoms with Crippen LogP contribution < -0.4 is 4.74 Å². The number of aromatic nitrogens is 2. The van der Waals surface area contributed by atoms with Crippen LogP contribution in [-0.2, 0) is 0 Å². The van der Waals surface area contributed by atoms with Gasteiger partial charge in [-0.15, -0.1) is 0 Å². The largest absolute Gasteiger partial charge is 0.484 e. The predicted molar refractivity (Wildman–Crippen MR) is 109 cm³/mol. The lowest BCUT2D eigenvalue weighted by Crippen LogP contribution is -2.19. The van der Waals surface area contributed by atoms with E-state index >= 15 is 0 Å². The molecule has 0 spiro atoms. The predicted octanol–water partition coefficient (Wildman–Crippen LogP) is 5.89. The number of hydrogen-bond donors (Lipinski definition) is 2. The fourth-order valence-corrected chi connectivity index (χ4v) is 3.31. The van der Waals surface area contributed by atoms with Crippen molar-refractivity contribution in [2.75, 3.05) is 6.61 Å². The number of halogens is 3. The number of fused-ring (bicyclic) bond motifs is 1. The van der Waals surface area contributed by atoms with Crippen LogP contribution in [0.5, 0.6) is 5.75 Å². The topological polar surface area (TPSA) is 58.1 Å². The van der Waals surface area contributed by atoms with E-state index in [0.717, 1.165) is 33.3 Å². The van der Waals surface area contributed by atoms with Gasteiger partial charge in [0.2, 0.25) is 0 Å². The second-order valence-electron chi connectivity index (χ2n) is 7.01. The summed E-state index contributed by atoms with van der Waals surface area (Å²) in [5, 5.41) is 10.0. The molecule has 4 aromatic rings. The van der Waals surface area contributed by atoms with Gasteiger partial charge in [0, 0.05) is 5.56 Å². The molecular weight excluding hydrogens is 393 g/mol. The van der Waals surface area contributed by atoms with Gasteiger partial charge >= 0.3 is 6.18 Å². The molecule has 7 heteroatoms. The van der Waals surface area contributed by atoms with Gasteiger partial charge in [-0.3, -0.25) is 0 Å². The molecule has 0 aliphatic carbocycles. The number of rotatable bonds is 5. The van der Waals surface area contributed by atoms with Crippen molar-refractivity contribution in [2.24, 2.45) is 0 Å². The van der Waals surface area contributed by atoms with Gasteiger partial charge in [-0.25, -0.2) is 4.98 Å². The number of imidazole rings is 1. The molecule has 0 radical (unpaired) electrons. The maximum Gasteiger partial charge on any atom is 0.422 e. The number of benzene rings is 3. The second kappa shape index (κ2) is 7.84. The normalized spacial score (nSPS) is 12.8. The Kier molecular flexibility index (Phi) is 5.22. The van der Waals surface area contributed by atoms with Crippen molar-refractivity contribution in [2.45, 2.75) is 19.2 Å². The molecule has 0 fully saturated rings. The van der Waals surface area contributed by atoms with Crippen LogP contribution in [0.15, 0.2) is 66.7 Å². The van der Waals surface area contributed by atoms with Crippen LogP contribution in [0.4, 0.5) is 13.2 Å². The molecule has 1 atom stereocenters. The molecule has 0 saturated heterocycles. The summed E-state index contributed by atoms with van der Waals surface area (Å²) in [7, 11) is 0. The van der Waals surface area contributed by atoms with Gasteiger partial charge in [0.1, 0.15) is 11.6 Å². The molecule has 0 aliphatic heterocycles. The third kappa shape index (κ3) is 4.31. The number of H-pyrrole nitrogens is 1. The number of alkyl halides is 3. The maximum atomic E-state index is 12.3. The van der Waals surface area contributed by atoms with Gasteiger partial charge in [0.05, 0.1) is 17.1 Å². The number of aromatic amines is 1. The first kappa shape index (κ1) is 20.0. The molecule has 0 aliphatic rings. The number of nitrogens with zero attached hydrogens (tertiary/aromatic N) is 1. The van der Waals surface area contributed by atoms with Gasteiger partial charge < -0.3 is 14.8 Å². The molecule has 3 aromatic carbocycles. The zero-order valence-corrected chi connectivity index (χ0v) is 16.1. The molecule has 30 heavy (non-hydrogen) atoms. The Morgan fingerprint density at radius 3 is 2.40 bits per heavy atom. The highest BCUT2D eigenvalue weighted by Crippen LogP contribution is 2.31. The third-order valence-electron chi connectivity index (χ3n) is 4.73. The van der Waals surface area contributed by atoms with Crippen molar-refractivity contribution >= 4 is 11.0 Å². The van der Waals surface area contributed by atoms with Crippen LogP contribution in [0, 0.1) is 0 Å². The Labute approximate surface area is 171 Å².